The number of carbonyl (C=O) groups excluding carboxylic acids is 2. The number of carbonyl (C=O) groups is 2. The number of nitrogens with two attached hydrogens (primary N) is 1. The molecular weight excluding hydrogens is 223 g/mol. The van der Waals surface area contributed by atoms with E-state index < -0.39 is 17.8 Å². The highest BCUT2D eigenvalue weighted by Gasteiger charge is 2.32. The van der Waals surface area contributed by atoms with Gasteiger partial charge in [-0.3, -0.25) is 9.59 Å². The van der Waals surface area contributed by atoms with Crippen LogP contribution in [0, 0.1) is 5.82 Å². The van der Waals surface area contributed by atoms with Gasteiger partial charge in [-0.15, -0.1) is 0 Å². The summed E-state index contributed by atoms with van der Waals surface area (Å²) in [6.07, 6.45) is 1.36. The van der Waals surface area contributed by atoms with Crippen LogP contribution < -0.4 is 5.73 Å². The number of rotatable bonds is 2. The molecule has 0 radical (unpaired) electrons. The van der Waals surface area contributed by atoms with E-state index >= 15 is 0 Å². The van der Waals surface area contributed by atoms with Crippen LogP contribution in [0.4, 0.5) is 4.39 Å². The van der Waals surface area contributed by atoms with Crippen LogP contribution in [0.2, 0.25) is 0 Å². The molecule has 1 heterocycles. The van der Waals surface area contributed by atoms with Crippen LogP contribution in [0.3, 0.4) is 0 Å². The highest BCUT2D eigenvalue weighted by atomic mass is 19.1. The highest BCUT2D eigenvalue weighted by Crippen LogP contribution is 2.19. The van der Waals surface area contributed by atoms with Crippen molar-refractivity contribution in [3.8, 4) is 0 Å². The summed E-state index contributed by atoms with van der Waals surface area (Å²) in [5, 5.41) is 0. The second-order valence-corrected chi connectivity index (χ2v) is 4.07. The molecule has 1 aliphatic heterocycles. The van der Waals surface area contributed by atoms with E-state index in [0.29, 0.717) is 18.5 Å². The van der Waals surface area contributed by atoms with Crippen LogP contribution in [-0.4, -0.2) is 29.3 Å². The Morgan fingerprint density at radius 3 is 2.53 bits per heavy atom. The van der Waals surface area contributed by atoms with Crippen LogP contribution >= 0.6 is 0 Å². The van der Waals surface area contributed by atoms with Gasteiger partial charge in [-0.2, -0.15) is 0 Å². The predicted octanol–water partition coefficient (Wildman–Crippen LogP) is 0.916. The third kappa shape index (κ3) is 2.27. The van der Waals surface area contributed by atoms with Crippen LogP contribution in [0.15, 0.2) is 24.3 Å². The molecule has 17 heavy (non-hydrogen) atoms. The largest absolute Gasteiger partial charge is 0.368 e. The fourth-order valence-electron chi connectivity index (χ4n) is 2.06. The van der Waals surface area contributed by atoms with E-state index in [4.69, 9.17) is 5.73 Å². The molecule has 0 bridgehead atoms. The minimum Gasteiger partial charge on any atom is -0.368 e. The first kappa shape index (κ1) is 11.6. The Kier molecular flexibility index (Phi) is 3.08. The summed E-state index contributed by atoms with van der Waals surface area (Å²) in [6.45, 7) is 0.518. The quantitative estimate of drug-likeness (QED) is 0.829. The summed E-state index contributed by atoms with van der Waals surface area (Å²) in [5.41, 5.74) is 5.61. The van der Waals surface area contributed by atoms with Gasteiger partial charge in [0.05, 0.1) is 0 Å². The minimum absolute atomic E-state index is 0.272. The standard InChI is InChI=1S/C12H13FN2O2/c13-9-5-3-8(4-6-9)12(17)15-7-1-2-10(15)11(14)16/h3-6,10H,1-2,7H2,(H2,14,16). The summed E-state index contributed by atoms with van der Waals surface area (Å²) < 4.78 is 12.7. The normalized spacial score (nSPS) is 19.4. The number of nitrogens with zero attached hydrogens (tertiary/aromatic N) is 1. The van der Waals surface area contributed by atoms with E-state index in [1.54, 1.807) is 0 Å². The molecule has 1 aliphatic rings. The van der Waals surface area contributed by atoms with Crippen molar-refractivity contribution < 1.29 is 14.0 Å². The van der Waals surface area contributed by atoms with Gasteiger partial charge in [-0.05, 0) is 37.1 Å². The van der Waals surface area contributed by atoms with Crippen molar-refractivity contribution in [2.24, 2.45) is 5.73 Å². The fraction of sp³-hybridized carbons (Fsp3) is 0.333. The SMILES string of the molecule is NC(=O)C1CCCN1C(=O)c1ccc(F)cc1. The van der Waals surface area contributed by atoms with Gasteiger partial charge in [-0.1, -0.05) is 0 Å². The molecule has 5 heteroatoms. The lowest BCUT2D eigenvalue weighted by Gasteiger charge is -2.22. The van der Waals surface area contributed by atoms with Crippen LogP contribution in [0.1, 0.15) is 23.2 Å². The van der Waals surface area contributed by atoms with Crippen LogP contribution in [-0.2, 0) is 4.79 Å². The average molecular weight is 236 g/mol. The first-order valence-electron chi connectivity index (χ1n) is 5.45. The number of primary amides is 1. The molecule has 2 N–H and O–H groups in total. The van der Waals surface area contributed by atoms with Crippen molar-refractivity contribution in [2.45, 2.75) is 18.9 Å². The molecule has 1 unspecified atom stereocenters. The van der Waals surface area contributed by atoms with E-state index in [-0.39, 0.29) is 5.91 Å². The van der Waals surface area contributed by atoms with E-state index in [9.17, 15) is 14.0 Å². The van der Waals surface area contributed by atoms with Crippen molar-refractivity contribution in [1.29, 1.82) is 0 Å². The molecule has 0 spiro atoms. The van der Waals surface area contributed by atoms with Gasteiger partial charge in [-0.25, -0.2) is 4.39 Å². The third-order valence-corrected chi connectivity index (χ3v) is 2.93. The Bertz CT molecular complexity index is 444. The maximum Gasteiger partial charge on any atom is 0.254 e. The van der Waals surface area contributed by atoms with Gasteiger partial charge in [0.25, 0.3) is 5.91 Å². The number of hydrogen-bond donors (Lipinski definition) is 1. The van der Waals surface area contributed by atoms with Gasteiger partial charge in [0.15, 0.2) is 0 Å². The number of halogens is 1. The van der Waals surface area contributed by atoms with Crippen molar-refractivity contribution in [3.63, 3.8) is 0 Å². The maximum atomic E-state index is 12.7. The second kappa shape index (κ2) is 4.53. The summed E-state index contributed by atoms with van der Waals surface area (Å²) >= 11 is 0. The summed E-state index contributed by atoms with van der Waals surface area (Å²) in [5.74, 6) is -1.15. The number of benzene rings is 1. The number of amides is 2. The van der Waals surface area contributed by atoms with E-state index in [1.165, 1.54) is 29.2 Å². The minimum atomic E-state index is -0.535. The molecule has 1 saturated heterocycles. The molecule has 0 aromatic heterocycles. The molecule has 0 saturated carbocycles. The molecule has 90 valence electrons. The first-order valence-corrected chi connectivity index (χ1v) is 5.45. The van der Waals surface area contributed by atoms with Crippen molar-refractivity contribution >= 4 is 11.8 Å². The smallest absolute Gasteiger partial charge is 0.254 e. The molecule has 2 amide bonds. The molecular formula is C12H13FN2O2. The predicted molar refractivity (Wildman–Crippen MR) is 59.7 cm³/mol. The molecule has 1 aromatic carbocycles. The molecule has 4 nitrogen and oxygen atoms in total. The van der Waals surface area contributed by atoms with Crippen molar-refractivity contribution in [1.82, 2.24) is 4.90 Å². The average Bonchev–Trinajstić information content (AvgIpc) is 2.78. The second-order valence-electron chi connectivity index (χ2n) is 4.07. The molecule has 0 aliphatic carbocycles. The van der Waals surface area contributed by atoms with Gasteiger partial charge >= 0.3 is 0 Å². The fourth-order valence-corrected chi connectivity index (χ4v) is 2.06. The lowest BCUT2D eigenvalue weighted by molar-refractivity contribution is -0.121. The Labute approximate surface area is 98.2 Å². The number of hydrogen-bond acceptors (Lipinski definition) is 2. The van der Waals surface area contributed by atoms with E-state index in [0.717, 1.165) is 6.42 Å². The highest BCUT2D eigenvalue weighted by molar-refractivity contribution is 5.97. The zero-order chi connectivity index (χ0) is 12.4. The number of likely N-dealkylation sites (tertiary alicyclic amines) is 1. The van der Waals surface area contributed by atoms with E-state index in [2.05, 4.69) is 0 Å². The lowest BCUT2D eigenvalue weighted by atomic mass is 10.1. The van der Waals surface area contributed by atoms with Crippen molar-refractivity contribution in [3.05, 3.63) is 35.6 Å². The zero-order valence-electron chi connectivity index (χ0n) is 9.23. The van der Waals surface area contributed by atoms with Gasteiger partial charge in [0.1, 0.15) is 11.9 Å². The Balaban J connectivity index is 2.19. The zero-order valence-corrected chi connectivity index (χ0v) is 9.23. The van der Waals surface area contributed by atoms with Gasteiger partial charge in [0, 0.05) is 12.1 Å². The maximum absolute atomic E-state index is 12.7. The van der Waals surface area contributed by atoms with Crippen LogP contribution in [0.25, 0.3) is 0 Å². The topological polar surface area (TPSA) is 63.4 Å². The Morgan fingerprint density at radius 2 is 1.94 bits per heavy atom. The van der Waals surface area contributed by atoms with E-state index in [1.807, 2.05) is 0 Å². The lowest BCUT2D eigenvalue weighted by Crippen LogP contribution is -2.43. The first-order chi connectivity index (χ1) is 8.09. The monoisotopic (exact) mass is 236 g/mol. The van der Waals surface area contributed by atoms with Gasteiger partial charge < -0.3 is 10.6 Å². The third-order valence-electron chi connectivity index (χ3n) is 2.93. The van der Waals surface area contributed by atoms with Crippen molar-refractivity contribution in [2.75, 3.05) is 6.54 Å². The summed E-state index contributed by atoms with van der Waals surface area (Å²) in [4.78, 5) is 24.7. The molecule has 2 rings (SSSR count). The molecule has 1 atom stereocenters. The Hall–Kier alpha value is -1.91. The van der Waals surface area contributed by atoms with Gasteiger partial charge in [0.2, 0.25) is 5.91 Å². The Morgan fingerprint density at radius 1 is 1.29 bits per heavy atom. The molecule has 1 fully saturated rings. The summed E-state index contributed by atoms with van der Waals surface area (Å²) in [7, 11) is 0. The summed E-state index contributed by atoms with van der Waals surface area (Å²) in [6, 6.07) is 4.74. The van der Waals surface area contributed by atoms with Crippen LogP contribution in [0.5, 0.6) is 0 Å². The molecule has 1 aromatic rings.